The van der Waals surface area contributed by atoms with Gasteiger partial charge in [0.1, 0.15) is 11.3 Å². The predicted molar refractivity (Wildman–Crippen MR) is 268 cm³/mol. The van der Waals surface area contributed by atoms with Crippen molar-refractivity contribution >= 4 is 75.6 Å². The molecule has 0 N–H and O–H groups in total. The third kappa shape index (κ3) is 5.43. The van der Waals surface area contributed by atoms with E-state index in [1.807, 2.05) is 0 Å². The summed E-state index contributed by atoms with van der Waals surface area (Å²) in [5.41, 5.74) is 11.4. The van der Waals surface area contributed by atoms with Crippen molar-refractivity contribution in [2.45, 2.75) is 0 Å². The summed E-state index contributed by atoms with van der Waals surface area (Å²) in [6, 6.07) is 84.0. The molecule has 0 aliphatic rings. The molecule has 0 amide bonds. The van der Waals surface area contributed by atoms with Crippen LogP contribution in [-0.2, 0) is 0 Å². The molecule has 12 aromatic carbocycles. The smallest absolute Gasteiger partial charge is 0.143 e. The molecule has 0 spiro atoms. The summed E-state index contributed by atoms with van der Waals surface area (Å²) in [4.78, 5) is 0. The first-order valence-corrected chi connectivity index (χ1v) is 21.8. The van der Waals surface area contributed by atoms with Gasteiger partial charge in [-0.25, -0.2) is 0 Å². The lowest BCUT2D eigenvalue weighted by Crippen LogP contribution is -1.93. The van der Waals surface area contributed by atoms with Crippen LogP contribution in [0.1, 0.15) is 0 Å². The van der Waals surface area contributed by atoms with Crippen LogP contribution in [-0.4, -0.2) is 0 Å². The second-order valence-electron chi connectivity index (χ2n) is 16.6. The molecule has 63 heavy (non-hydrogen) atoms. The lowest BCUT2D eigenvalue weighted by molar-refractivity contribution is 0.633. The number of furan rings is 1. The van der Waals surface area contributed by atoms with E-state index >= 15 is 0 Å². The molecule has 0 radical (unpaired) electrons. The average Bonchev–Trinajstić information content (AvgIpc) is 3.76. The fourth-order valence-corrected chi connectivity index (χ4v) is 10.6. The first-order chi connectivity index (χ1) is 31.3. The van der Waals surface area contributed by atoms with E-state index in [1.54, 1.807) is 0 Å². The quantitative estimate of drug-likeness (QED) is 0.125. The molecule has 1 heteroatoms. The first kappa shape index (κ1) is 35.5. The standard InChI is InChI=1S/C62H38O/c1-3-18-40(19-4-1)58-54-33-17-32-43(62(54)63-61(58)42-20-5-2-6-21-42)39-34-36-41(37-35-39)57-50-28-13-15-30-52(50)60(53-31-16-14-29-51(53)57)56-38-55-46-24-8-7-22-44(46)45-23-9-11-26-48(45)59(55)49-27-12-10-25-47(49)56/h1-38H. The zero-order valence-corrected chi connectivity index (χ0v) is 34.3. The van der Waals surface area contributed by atoms with Gasteiger partial charge in [-0.05, 0) is 104 Å². The van der Waals surface area contributed by atoms with Crippen LogP contribution in [0.2, 0.25) is 0 Å². The lowest BCUT2D eigenvalue weighted by atomic mass is 9.82. The van der Waals surface area contributed by atoms with E-state index in [4.69, 9.17) is 4.42 Å². The van der Waals surface area contributed by atoms with Gasteiger partial charge in [0.15, 0.2) is 0 Å². The van der Waals surface area contributed by atoms with Crippen molar-refractivity contribution in [3.8, 4) is 55.8 Å². The van der Waals surface area contributed by atoms with E-state index in [-0.39, 0.29) is 0 Å². The van der Waals surface area contributed by atoms with Crippen molar-refractivity contribution in [3.63, 3.8) is 0 Å². The highest BCUT2D eigenvalue weighted by molar-refractivity contribution is 6.34. The molecule has 0 saturated carbocycles. The molecular formula is C62H38O. The molecule has 13 rings (SSSR count). The SMILES string of the molecule is c1ccc(-c2oc3c(-c4ccc(-c5c6ccccc6c(-c6cc7c8ccccc8c8ccccc8c7c7ccccc67)c6ccccc56)cc4)cccc3c2-c2ccccc2)cc1. The van der Waals surface area contributed by atoms with Gasteiger partial charge >= 0.3 is 0 Å². The van der Waals surface area contributed by atoms with Gasteiger partial charge in [-0.2, -0.15) is 0 Å². The zero-order chi connectivity index (χ0) is 41.4. The van der Waals surface area contributed by atoms with Crippen LogP contribution in [0.4, 0.5) is 0 Å². The van der Waals surface area contributed by atoms with E-state index in [1.165, 1.54) is 86.9 Å². The van der Waals surface area contributed by atoms with Gasteiger partial charge in [0.25, 0.3) is 0 Å². The predicted octanol–water partition coefficient (Wildman–Crippen LogP) is 17.7. The molecular weight excluding hydrogens is 761 g/mol. The second-order valence-corrected chi connectivity index (χ2v) is 16.6. The van der Waals surface area contributed by atoms with Gasteiger partial charge in [-0.3, -0.25) is 0 Å². The Balaban J connectivity index is 1.03. The number of fused-ring (bicyclic) bond motifs is 11. The molecule has 0 bridgehead atoms. The lowest BCUT2D eigenvalue weighted by Gasteiger charge is -2.21. The van der Waals surface area contributed by atoms with Crippen LogP contribution in [0.25, 0.3) is 131 Å². The van der Waals surface area contributed by atoms with Crippen LogP contribution in [0.3, 0.4) is 0 Å². The van der Waals surface area contributed by atoms with Gasteiger partial charge in [0.05, 0.1) is 0 Å². The largest absolute Gasteiger partial charge is 0.455 e. The topological polar surface area (TPSA) is 13.1 Å². The van der Waals surface area contributed by atoms with Crippen molar-refractivity contribution in [1.82, 2.24) is 0 Å². The molecule has 0 fully saturated rings. The fourth-order valence-electron chi connectivity index (χ4n) is 10.6. The Morgan fingerprint density at radius 2 is 0.635 bits per heavy atom. The number of benzene rings is 12. The fraction of sp³-hybridized carbons (Fsp3) is 0. The minimum atomic E-state index is 0.889. The Morgan fingerprint density at radius 3 is 1.24 bits per heavy atom. The molecule has 0 aliphatic carbocycles. The Labute approximate surface area is 364 Å². The van der Waals surface area contributed by atoms with E-state index in [2.05, 4.69) is 231 Å². The Hall–Kier alpha value is -8.26. The summed E-state index contributed by atoms with van der Waals surface area (Å²) in [7, 11) is 0. The summed E-state index contributed by atoms with van der Waals surface area (Å²) >= 11 is 0. The van der Waals surface area contributed by atoms with Crippen LogP contribution >= 0.6 is 0 Å². The third-order valence-electron chi connectivity index (χ3n) is 13.2. The summed E-state index contributed by atoms with van der Waals surface area (Å²) in [6.45, 7) is 0. The van der Waals surface area contributed by atoms with Gasteiger partial charge in [0, 0.05) is 22.1 Å². The Morgan fingerprint density at radius 1 is 0.222 bits per heavy atom. The monoisotopic (exact) mass is 798 g/mol. The average molecular weight is 799 g/mol. The van der Waals surface area contributed by atoms with E-state index in [0.717, 1.165) is 44.5 Å². The van der Waals surface area contributed by atoms with Crippen molar-refractivity contribution in [1.29, 1.82) is 0 Å². The second kappa shape index (κ2) is 14.2. The molecule has 0 saturated heterocycles. The van der Waals surface area contributed by atoms with Gasteiger partial charge < -0.3 is 4.42 Å². The maximum absolute atomic E-state index is 6.91. The normalized spacial score (nSPS) is 11.8. The number of para-hydroxylation sites is 1. The van der Waals surface area contributed by atoms with Crippen molar-refractivity contribution in [2.24, 2.45) is 0 Å². The molecule has 0 atom stereocenters. The van der Waals surface area contributed by atoms with Gasteiger partial charge in [0.2, 0.25) is 0 Å². The summed E-state index contributed by atoms with van der Waals surface area (Å²) in [6.07, 6.45) is 0. The van der Waals surface area contributed by atoms with Gasteiger partial charge in [-0.1, -0.05) is 224 Å². The minimum Gasteiger partial charge on any atom is -0.455 e. The number of hydrogen-bond donors (Lipinski definition) is 0. The third-order valence-corrected chi connectivity index (χ3v) is 13.2. The summed E-state index contributed by atoms with van der Waals surface area (Å²) in [5, 5.41) is 16.3. The van der Waals surface area contributed by atoms with E-state index in [0.29, 0.717) is 0 Å². The first-order valence-electron chi connectivity index (χ1n) is 21.8. The molecule has 1 nitrogen and oxygen atoms in total. The van der Waals surface area contributed by atoms with Crippen molar-refractivity contribution in [2.75, 3.05) is 0 Å². The van der Waals surface area contributed by atoms with Crippen molar-refractivity contribution < 1.29 is 4.42 Å². The maximum atomic E-state index is 6.91. The van der Waals surface area contributed by atoms with E-state index in [9.17, 15) is 0 Å². The van der Waals surface area contributed by atoms with Crippen LogP contribution < -0.4 is 0 Å². The number of hydrogen-bond acceptors (Lipinski definition) is 1. The van der Waals surface area contributed by atoms with Gasteiger partial charge in [-0.15, -0.1) is 0 Å². The zero-order valence-electron chi connectivity index (χ0n) is 34.3. The highest BCUT2D eigenvalue weighted by Gasteiger charge is 2.23. The molecule has 13 aromatic rings. The Kier molecular flexibility index (Phi) is 7.98. The molecule has 0 aliphatic heterocycles. The van der Waals surface area contributed by atoms with Crippen LogP contribution in [0.5, 0.6) is 0 Å². The molecule has 1 heterocycles. The van der Waals surface area contributed by atoms with Crippen LogP contribution in [0, 0.1) is 0 Å². The van der Waals surface area contributed by atoms with Crippen molar-refractivity contribution in [3.05, 3.63) is 231 Å². The number of rotatable bonds is 5. The highest BCUT2D eigenvalue weighted by atomic mass is 16.3. The maximum Gasteiger partial charge on any atom is 0.143 e. The highest BCUT2D eigenvalue weighted by Crippen LogP contribution is 2.49. The minimum absolute atomic E-state index is 0.889. The molecule has 0 unspecified atom stereocenters. The van der Waals surface area contributed by atoms with E-state index < -0.39 is 0 Å². The summed E-state index contributed by atoms with van der Waals surface area (Å²) < 4.78 is 6.91. The summed E-state index contributed by atoms with van der Waals surface area (Å²) in [5.74, 6) is 0.889. The Bertz CT molecular complexity index is 3880. The molecule has 292 valence electrons. The molecule has 1 aromatic heterocycles. The van der Waals surface area contributed by atoms with Crippen LogP contribution in [0.15, 0.2) is 235 Å².